The van der Waals surface area contributed by atoms with E-state index in [0.29, 0.717) is 6.04 Å². The molecule has 1 saturated carbocycles. The fourth-order valence-corrected chi connectivity index (χ4v) is 3.99. The molecule has 1 N–H and O–H groups in total. The van der Waals surface area contributed by atoms with Gasteiger partial charge in [0.2, 0.25) is 0 Å². The fraction of sp³-hybridized carbons (Fsp3) is 0.350. The van der Waals surface area contributed by atoms with Gasteiger partial charge in [-0.2, -0.15) is 10.2 Å². The number of nitrogens with zero attached hydrogens (tertiary/aromatic N) is 5. The van der Waals surface area contributed by atoms with Crippen molar-refractivity contribution >= 4 is 11.2 Å². The zero-order chi connectivity index (χ0) is 17.3. The second kappa shape index (κ2) is 6.44. The molecule has 4 aromatic rings. The highest BCUT2D eigenvalue weighted by Crippen LogP contribution is 2.31. The van der Waals surface area contributed by atoms with Gasteiger partial charge in [0.1, 0.15) is 11.3 Å². The van der Waals surface area contributed by atoms with Crippen molar-refractivity contribution in [3.63, 3.8) is 0 Å². The molecule has 0 amide bonds. The van der Waals surface area contributed by atoms with Crippen LogP contribution in [-0.4, -0.2) is 29.5 Å². The molecule has 132 valence electrons. The van der Waals surface area contributed by atoms with Crippen LogP contribution >= 0.6 is 0 Å². The summed E-state index contributed by atoms with van der Waals surface area (Å²) < 4.78 is 4.07. The monoisotopic (exact) mass is 346 g/mol. The first-order valence-electron chi connectivity index (χ1n) is 9.37. The highest BCUT2D eigenvalue weighted by atomic mass is 15.3. The van der Waals surface area contributed by atoms with Crippen LogP contribution in [0.15, 0.2) is 48.9 Å². The molecule has 5 rings (SSSR count). The lowest BCUT2D eigenvalue weighted by atomic mass is 9.96. The number of rotatable bonds is 4. The second-order valence-corrected chi connectivity index (χ2v) is 7.06. The Morgan fingerprint density at radius 3 is 2.77 bits per heavy atom. The third-order valence-electron chi connectivity index (χ3n) is 5.32. The van der Waals surface area contributed by atoms with Gasteiger partial charge in [-0.05, 0) is 24.5 Å². The normalized spacial score (nSPS) is 15.7. The SMILES string of the molecule is c1ccc(-c2nc3c(cnn3C3CCCCC3)[nH]2)c(Cn2cccn2)c1. The molecule has 0 saturated heterocycles. The van der Waals surface area contributed by atoms with Crippen molar-refractivity contribution in [2.24, 2.45) is 0 Å². The molecular weight excluding hydrogens is 324 g/mol. The smallest absolute Gasteiger partial charge is 0.177 e. The van der Waals surface area contributed by atoms with Gasteiger partial charge in [-0.15, -0.1) is 0 Å². The van der Waals surface area contributed by atoms with Gasteiger partial charge in [0.15, 0.2) is 5.65 Å². The van der Waals surface area contributed by atoms with E-state index in [2.05, 4.69) is 44.1 Å². The van der Waals surface area contributed by atoms with E-state index in [1.165, 1.54) is 37.7 Å². The maximum Gasteiger partial charge on any atom is 0.177 e. The molecule has 0 atom stereocenters. The van der Waals surface area contributed by atoms with Crippen LogP contribution in [0.25, 0.3) is 22.6 Å². The van der Waals surface area contributed by atoms with Gasteiger partial charge in [-0.25, -0.2) is 9.67 Å². The predicted molar refractivity (Wildman–Crippen MR) is 101 cm³/mol. The minimum Gasteiger partial charge on any atom is -0.335 e. The molecule has 3 heterocycles. The lowest BCUT2D eigenvalue weighted by Crippen LogP contribution is -2.14. The summed E-state index contributed by atoms with van der Waals surface area (Å²) in [5.41, 5.74) is 4.31. The fourth-order valence-electron chi connectivity index (χ4n) is 3.99. The van der Waals surface area contributed by atoms with Crippen molar-refractivity contribution in [3.8, 4) is 11.4 Å². The van der Waals surface area contributed by atoms with E-state index in [1.54, 1.807) is 0 Å². The first-order valence-corrected chi connectivity index (χ1v) is 9.37. The Balaban J connectivity index is 1.52. The number of fused-ring (bicyclic) bond motifs is 1. The third-order valence-corrected chi connectivity index (χ3v) is 5.32. The average molecular weight is 346 g/mol. The quantitative estimate of drug-likeness (QED) is 0.603. The van der Waals surface area contributed by atoms with Crippen LogP contribution in [0.4, 0.5) is 0 Å². The van der Waals surface area contributed by atoms with Crippen LogP contribution in [0.2, 0.25) is 0 Å². The summed E-state index contributed by atoms with van der Waals surface area (Å²) in [5, 5.41) is 8.93. The van der Waals surface area contributed by atoms with Gasteiger partial charge in [-0.1, -0.05) is 43.5 Å². The molecular formula is C20H22N6. The lowest BCUT2D eigenvalue weighted by molar-refractivity contribution is 0.336. The molecule has 0 unspecified atom stereocenters. The molecule has 6 nitrogen and oxygen atoms in total. The number of imidazole rings is 1. The number of aromatic nitrogens is 6. The summed E-state index contributed by atoms with van der Waals surface area (Å²) in [5.74, 6) is 0.907. The molecule has 1 fully saturated rings. The topological polar surface area (TPSA) is 64.3 Å². The second-order valence-electron chi connectivity index (χ2n) is 7.06. The summed E-state index contributed by atoms with van der Waals surface area (Å²) in [6.07, 6.45) is 12.0. The van der Waals surface area contributed by atoms with E-state index in [9.17, 15) is 0 Å². The predicted octanol–water partition coefficient (Wildman–Crippen LogP) is 4.18. The van der Waals surface area contributed by atoms with Crippen molar-refractivity contribution in [2.75, 3.05) is 0 Å². The van der Waals surface area contributed by atoms with E-state index in [-0.39, 0.29) is 0 Å². The standard InChI is InChI=1S/C20H22N6/c1-2-8-16(9-3-1)26-20-18(13-22-26)23-19(24-20)17-10-5-4-7-15(17)14-25-12-6-11-21-25/h4-7,10-13,16H,1-3,8-9,14H2,(H,23,24). The van der Waals surface area contributed by atoms with Crippen molar-refractivity contribution in [1.82, 2.24) is 29.5 Å². The Labute approximate surface area is 151 Å². The Morgan fingerprint density at radius 1 is 1.04 bits per heavy atom. The number of hydrogen-bond acceptors (Lipinski definition) is 3. The van der Waals surface area contributed by atoms with E-state index in [4.69, 9.17) is 4.98 Å². The van der Waals surface area contributed by atoms with Crippen LogP contribution in [-0.2, 0) is 6.54 Å². The molecule has 3 aromatic heterocycles. The van der Waals surface area contributed by atoms with Gasteiger partial charge in [0, 0.05) is 18.0 Å². The number of hydrogen-bond donors (Lipinski definition) is 1. The van der Waals surface area contributed by atoms with Gasteiger partial charge >= 0.3 is 0 Å². The van der Waals surface area contributed by atoms with Crippen LogP contribution in [0.5, 0.6) is 0 Å². The lowest BCUT2D eigenvalue weighted by Gasteiger charge is -2.21. The van der Waals surface area contributed by atoms with Gasteiger partial charge in [0.05, 0.1) is 18.8 Å². The summed E-state index contributed by atoms with van der Waals surface area (Å²) in [7, 11) is 0. The third kappa shape index (κ3) is 2.71. The van der Waals surface area contributed by atoms with Crippen LogP contribution in [0.3, 0.4) is 0 Å². The number of H-pyrrole nitrogens is 1. The van der Waals surface area contributed by atoms with Crippen molar-refractivity contribution in [3.05, 3.63) is 54.5 Å². The molecule has 0 spiro atoms. The Kier molecular flexibility index (Phi) is 3.81. The molecule has 26 heavy (non-hydrogen) atoms. The number of aromatic amines is 1. The molecule has 1 aromatic carbocycles. The minimum atomic E-state index is 0.483. The van der Waals surface area contributed by atoms with Gasteiger partial charge in [0.25, 0.3) is 0 Å². The molecule has 0 aliphatic heterocycles. The van der Waals surface area contributed by atoms with Crippen LogP contribution in [0, 0.1) is 0 Å². The van der Waals surface area contributed by atoms with Crippen LogP contribution < -0.4 is 0 Å². The summed E-state index contributed by atoms with van der Waals surface area (Å²) in [6, 6.07) is 10.8. The zero-order valence-electron chi connectivity index (χ0n) is 14.7. The van der Waals surface area contributed by atoms with E-state index < -0.39 is 0 Å². The zero-order valence-corrected chi connectivity index (χ0v) is 14.7. The maximum absolute atomic E-state index is 4.92. The summed E-state index contributed by atoms with van der Waals surface area (Å²) in [4.78, 5) is 8.39. The van der Waals surface area contributed by atoms with E-state index >= 15 is 0 Å². The average Bonchev–Trinajstić information content (AvgIpc) is 3.40. The summed E-state index contributed by atoms with van der Waals surface area (Å²) >= 11 is 0. The van der Waals surface area contributed by atoms with Crippen molar-refractivity contribution in [2.45, 2.75) is 44.7 Å². The highest BCUT2D eigenvalue weighted by molar-refractivity contribution is 5.77. The molecule has 0 radical (unpaired) electrons. The minimum absolute atomic E-state index is 0.483. The molecule has 1 aliphatic carbocycles. The Hall–Kier alpha value is -2.89. The number of nitrogens with one attached hydrogen (secondary N) is 1. The highest BCUT2D eigenvalue weighted by Gasteiger charge is 2.20. The number of benzene rings is 1. The largest absolute Gasteiger partial charge is 0.335 e. The van der Waals surface area contributed by atoms with Gasteiger partial charge in [-0.3, -0.25) is 4.68 Å². The van der Waals surface area contributed by atoms with E-state index in [1.807, 2.05) is 29.3 Å². The Morgan fingerprint density at radius 2 is 1.92 bits per heavy atom. The maximum atomic E-state index is 4.92. The van der Waals surface area contributed by atoms with Crippen molar-refractivity contribution in [1.29, 1.82) is 0 Å². The first-order chi connectivity index (χ1) is 12.9. The molecule has 1 aliphatic rings. The molecule has 0 bridgehead atoms. The first kappa shape index (κ1) is 15.4. The van der Waals surface area contributed by atoms with Crippen molar-refractivity contribution < 1.29 is 0 Å². The van der Waals surface area contributed by atoms with E-state index in [0.717, 1.165) is 29.1 Å². The summed E-state index contributed by atoms with van der Waals surface area (Å²) in [6.45, 7) is 0.731. The molecule has 6 heteroatoms. The van der Waals surface area contributed by atoms with Crippen LogP contribution in [0.1, 0.15) is 43.7 Å². The van der Waals surface area contributed by atoms with Gasteiger partial charge < -0.3 is 4.98 Å². The Bertz CT molecular complexity index is 1000.